The molecule has 0 bridgehead atoms. The maximum Gasteiger partial charge on any atom is 0.323 e. The van der Waals surface area contributed by atoms with E-state index in [1.54, 1.807) is 6.07 Å². The van der Waals surface area contributed by atoms with Gasteiger partial charge in [0.15, 0.2) is 5.25 Å². The molecular formula is C10H11Br2NO5S. The third-order valence-electron chi connectivity index (χ3n) is 2.31. The first-order valence-corrected chi connectivity index (χ1v) is 8.09. The van der Waals surface area contributed by atoms with Crippen LogP contribution in [0.25, 0.3) is 0 Å². The highest BCUT2D eigenvalue weighted by molar-refractivity contribution is 9.11. The molecule has 1 aromatic rings. The van der Waals surface area contributed by atoms with Crippen LogP contribution in [0.1, 0.15) is 6.92 Å². The zero-order chi connectivity index (χ0) is 14.8. The number of aliphatic carboxylic acids is 1. The molecule has 2 N–H and O–H groups in total. The van der Waals surface area contributed by atoms with Gasteiger partial charge in [0.05, 0.1) is 17.3 Å². The van der Waals surface area contributed by atoms with E-state index in [-0.39, 0.29) is 5.69 Å². The monoisotopic (exact) mass is 415 g/mol. The summed E-state index contributed by atoms with van der Waals surface area (Å²) in [7, 11) is -2.59. The van der Waals surface area contributed by atoms with Crippen molar-refractivity contribution in [2.45, 2.75) is 12.2 Å². The first-order valence-electron chi connectivity index (χ1n) is 4.96. The van der Waals surface area contributed by atoms with Crippen LogP contribution in [0.2, 0.25) is 0 Å². The van der Waals surface area contributed by atoms with Crippen molar-refractivity contribution >= 4 is 53.5 Å². The fourth-order valence-electron chi connectivity index (χ4n) is 1.14. The minimum absolute atomic E-state index is 0.202. The van der Waals surface area contributed by atoms with Crippen molar-refractivity contribution in [2.24, 2.45) is 0 Å². The molecule has 0 saturated carbocycles. The molecule has 0 aliphatic rings. The van der Waals surface area contributed by atoms with Gasteiger partial charge in [-0.1, -0.05) is 0 Å². The predicted octanol–water partition coefficient (Wildman–Crippen LogP) is 2.43. The summed E-state index contributed by atoms with van der Waals surface area (Å²) >= 11 is 6.44. The van der Waals surface area contributed by atoms with Crippen LogP contribution < -0.4 is 9.46 Å². The van der Waals surface area contributed by atoms with E-state index >= 15 is 0 Å². The molecule has 0 aliphatic carbocycles. The lowest BCUT2D eigenvalue weighted by Crippen LogP contribution is -2.32. The van der Waals surface area contributed by atoms with E-state index in [9.17, 15) is 13.2 Å². The molecule has 1 unspecified atom stereocenters. The summed E-state index contributed by atoms with van der Waals surface area (Å²) in [6.45, 7) is 1.09. The summed E-state index contributed by atoms with van der Waals surface area (Å²) in [4.78, 5) is 10.7. The lowest BCUT2D eigenvalue weighted by molar-refractivity contribution is -0.136. The number of nitrogens with one attached hydrogen (secondary N) is 1. The Morgan fingerprint density at radius 3 is 2.42 bits per heavy atom. The summed E-state index contributed by atoms with van der Waals surface area (Å²) in [6, 6.07) is 3.04. The quantitative estimate of drug-likeness (QED) is 0.768. The van der Waals surface area contributed by atoms with Gasteiger partial charge in [-0.3, -0.25) is 9.52 Å². The van der Waals surface area contributed by atoms with Gasteiger partial charge in [0, 0.05) is 10.5 Å². The number of anilines is 1. The maximum atomic E-state index is 11.8. The van der Waals surface area contributed by atoms with E-state index in [1.807, 2.05) is 0 Å². The lowest BCUT2D eigenvalue weighted by atomic mass is 10.3. The van der Waals surface area contributed by atoms with Crippen molar-refractivity contribution in [3.8, 4) is 5.75 Å². The van der Waals surface area contributed by atoms with Crippen LogP contribution in [0.5, 0.6) is 5.75 Å². The summed E-state index contributed by atoms with van der Waals surface area (Å²) in [5.41, 5.74) is 0.202. The van der Waals surface area contributed by atoms with Crippen LogP contribution in [-0.4, -0.2) is 31.9 Å². The molecule has 19 heavy (non-hydrogen) atoms. The van der Waals surface area contributed by atoms with Gasteiger partial charge in [0.2, 0.25) is 10.0 Å². The van der Waals surface area contributed by atoms with Crippen LogP contribution in [-0.2, 0) is 14.8 Å². The third kappa shape index (κ3) is 3.83. The van der Waals surface area contributed by atoms with E-state index in [1.165, 1.54) is 13.2 Å². The van der Waals surface area contributed by atoms with Crippen molar-refractivity contribution in [1.29, 1.82) is 0 Å². The topological polar surface area (TPSA) is 92.7 Å². The van der Waals surface area contributed by atoms with Crippen LogP contribution in [0.15, 0.2) is 21.1 Å². The predicted molar refractivity (Wildman–Crippen MR) is 78.0 cm³/mol. The van der Waals surface area contributed by atoms with Gasteiger partial charge in [-0.2, -0.15) is 0 Å². The van der Waals surface area contributed by atoms with Gasteiger partial charge >= 0.3 is 5.97 Å². The second-order valence-corrected chi connectivity index (χ2v) is 7.30. The normalized spacial score (nSPS) is 12.8. The minimum Gasteiger partial charge on any atom is -0.495 e. The van der Waals surface area contributed by atoms with E-state index < -0.39 is 21.2 Å². The van der Waals surface area contributed by atoms with E-state index in [4.69, 9.17) is 9.84 Å². The number of carboxylic acids is 1. The second-order valence-electron chi connectivity index (χ2n) is 3.59. The molecule has 9 heteroatoms. The van der Waals surface area contributed by atoms with Crippen molar-refractivity contribution in [3.63, 3.8) is 0 Å². The molecule has 0 saturated heterocycles. The van der Waals surface area contributed by atoms with E-state index in [0.717, 1.165) is 6.92 Å². The molecule has 0 spiro atoms. The smallest absolute Gasteiger partial charge is 0.323 e. The highest BCUT2D eigenvalue weighted by atomic mass is 79.9. The molecule has 0 radical (unpaired) electrons. The third-order valence-corrected chi connectivity index (χ3v) is 5.22. The number of hydrogen-bond acceptors (Lipinski definition) is 4. The lowest BCUT2D eigenvalue weighted by Gasteiger charge is -2.14. The Balaban J connectivity index is 3.16. The number of hydrogen-bond donors (Lipinski definition) is 2. The fraction of sp³-hybridized carbons (Fsp3) is 0.300. The Bertz CT molecular complexity index is 602. The average molecular weight is 417 g/mol. The first-order chi connectivity index (χ1) is 8.69. The highest BCUT2D eigenvalue weighted by Crippen LogP contribution is 2.35. The number of carboxylic acid groups (broad SMARTS) is 1. The zero-order valence-corrected chi connectivity index (χ0v) is 14.0. The second kappa shape index (κ2) is 6.10. The molecule has 0 amide bonds. The summed E-state index contributed by atoms with van der Waals surface area (Å²) in [5.74, 6) is -1.00. The molecule has 1 aromatic carbocycles. The van der Waals surface area contributed by atoms with Crippen molar-refractivity contribution < 1.29 is 23.1 Å². The summed E-state index contributed by atoms with van der Waals surface area (Å²) in [6.07, 6.45) is 0. The Labute approximate surface area is 127 Å². The molecule has 0 aromatic heterocycles. The van der Waals surface area contributed by atoms with E-state index in [2.05, 4.69) is 36.6 Å². The number of rotatable bonds is 5. The van der Waals surface area contributed by atoms with Crippen molar-refractivity contribution in [1.82, 2.24) is 0 Å². The fourth-order valence-corrected chi connectivity index (χ4v) is 3.44. The average Bonchev–Trinajstić information content (AvgIpc) is 2.31. The van der Waals surface area contributed by atoms with Gasteiger partial charge in [-0.15, -0.1) is 0 Å². The van der Waals surface area contributed by atoms with Gasteiger partial charge in [-0.25, -0.2) is 8.42 Å². The first kappa shape index (κ1) is 16.3. The number of carbonyl (C=O) groups is 1. The zero-order valence-electron chi connectivity index (χ0n) is 9.98. The summed E-state index contributed by atoms with van der Waals surface area (Å²) < 4.78 is 32.0. The van der Waals surface area contributed by atoms with Crippen LogP contribution in [0, 0.1) is 0 Å². The van der Waals surface area contributed by atoms with Crippen molar-refractivity contribution in [3.05, 3.63) is 21.1 Å². The Kier molecular flexibility index (Phi) is 5.22. The van der Waals surface area contributed by atoms with Crippen LogP contribution >= 0.6 is 31.9 Å². The number of benzene rings is 1. The molecule has 6 nitrogen and oxygen atoms in total. The SMILES string of the molecule is COc1cc(NS(=O)(=O)C(C)C(=O)O)c(Br)cc1Br. The molecule has 106 valence electrons. The largest absolute Gasteiger partial charge is 0.495 e. The molecule has 0 heterocycles. The van der Waals surface area contributed by atoms with Gasteiger partial charge in [0.25, 0.3) is 0 Å². The number of ether oxygens (including phenoxy) is 1. The standard InChI is InChI=1S/C10H11Br2NO5S/c1-5(10(14)15)19(16,17)13-8-4-9(18-2)7(12)3-6(8)11/h3-5,13H,1-2H3,(H,14,15). The Morgan fingerprint density at radius 2 is 1.95 bits per heavy atom. The van der Waals surface area contributed by atoms with Crippen molar-refractivity contribution in [2.75, 3.05) is 11.8 Å². The van der Waals surface area contributed by atoms with Gasteiger partial charge < -0.3 is 9.84 Å². The number of methoxy groups -OCH3 is 1. The van der Waals surface area contributed by atoms with Gasteiger partial charge in [0.1, 0.15) is 5.75 Å². The molecule has 1 atom stereocenters. The molecule has 0 aliphatic heterocycles. The molecule has 0 fully saturated rings. The van der Waals surface area contributed by atoms with Gasteiger partial charge in [-0.05, 0) is 44.8 Å². The molecular weight excluding hydrogens is 406 g/mol. The minimum atomic E-state index is -4.02. The molecule has 1 rings (SSSR count). The number of halogens is 2. The summed E-state index contributed by atoms with van der Waals surface area (Å²) in [5, 5.41) is 7.19. The van der Waals surface area contributed by atoms with Crippen LogP contribution in [0.3, 0.4) is 0 Å². The highest BCUT2D eigenvalue weighted by Gasteiger charge is 2.28. The Hall–Kier alpha value is -0.800. The maximum absolute atomic E-state index is 11.8. The van der Waals surface area contributed by atoms with E-state index in [0.29, 0.717) is 14.7 Å². The number of sulfonamides is 1. The Morgan fingerprint density at radius 1 is 1.37 bits per heavy atom. The van der Waals surface area contributed by atoms with Crippen LogP contribution in [0.4, 0.5) is 5.69 Å².